The Morgan fingerprint density at radius 2 is 1.76 bits per heavy atom. The molecule has 126 valence electrons. The van der Waals surface area contributed by atoms with Crippen LogP contribution in [0.5, 0.6) is 11.5 Å². The van der Waals surface area contributed by atoms with E-state index in [1.165, 1.54) is 55.5 Å². The molecule has 1 aliphatic rings. The van der Waals surface area contributed by atoms with Crippen molar-refractivity contribution in [3.8, 4) is 11.5 Å². The summed E-state index contributed by atoms with van der Waals surface area (Å²) in [6.07, 6.45) is 0.444. The predicted molar refractivity (Wildman–Crippen MR) is 88.2 cm³/mol. The average molecular weight is 339 g/mol. The Morgan fingerprint density at radius 3 is 2.40 bits per heavy atom. The summed E-state index contributed by atoms with van der Waals surface area (Å²) in [6, 6.07) is 9.71. The number of hydrogen-bond donors (Lipinski definition) is 2. The maximum absolute atomic E-state index is 12.4. The number of ether oxygens (including phenoxy) is 1. The van der Waals surface area contributed by atoms with Gasteiger partial charge in [-0.05, 0) is 55.0 Å². The molecule has 1 heterocycles. The number of cyclic esters (lactones) is 1. The van der Waals surface area contributed by atoms with E-state index in [0.29, 0.717) is 5.56 Å². The molecule has 1 fully saturated rings. The highest BCUT2D eigenvalue weighted by Crippen LogP contribution is 2.28. The monoisotopic (exact) mass is 339 g/mol. The van der Waals surface area contributed by atoms with Crippen molar-refractivity contribution in [2.24, 2.45) is 0 Å². The fourth-order valence-electron chi connectivity index (χ4n) is 2.37. The van der Waals surface area contributed by atoms with Crippen LogP contribution in [0.2, 0.25) is 0 Å². The third-order valence-corrected chi connectivity index (χ3v) is 3.60. The summed E-state index contributed by atoms with van der Waals surface area (Å²) in [5.41, 5.74) is 0.777. The van der Waals surface area contributed by atoms with E-state index in [4.69, 9.17) is 4.74 Å². The molecule has 0 radical (unpaired) electrons. The van der Waals surface area contributed by atoms with Crippen molar-refractivity contribution in [2.75, 3.05) is 4.90 Å². The zero-order valence-corrected chi connectivity index (χ0v) is 13.1. The highest BCUT2D eigenvalue weighted by atomic mass is 16.6. The molecule has 3 rings (SSSR count). The van der Waals surface area contributed by atoms with Crippen LogP contribution in [-0.2, 0) is 9.53 Å². The first-order valence-electron chi connectivity index (χ1n) is 7.28. The molecule has 0 aromatic heterocycles. The summed E-state index contributed by atoms with van der Waals surface area (Å²) in [4.78, 5) is 36.7. The molecule has 0 saturated carbocycles. The van der Waals surface area contributed by atoms with Gasteiger partial charge in [0.2, 0.25) is 0 Å². The summed E-state index contributed by atoms with van der Waals surface area (Å²) < 4.78 is 4.99. The van der Waals surface area contributed by atoms with Crippen molar-refractivity contribution in [1.82, 2.24) is 0 Å². The maximum atomic E-state index is 12.4. The van der Waals surface area contributed by atoms with Crippen LogP contribution in [0.1, 0.15) is 22.8 Å². The molecule has 7 heteroatoms. The lowest BCUT2D eigenvalue weighted by molar-refractivity contribution is -0.114. The fourth-order valence-corrected chi connectivity index (χ4v) is 2.37. The zero-order valence-electron chi connectivity index (χ0n) is 13.1. The number of benzene rings is 2. The molecule has 2 amide bonds. The Bertz CT molecular complexity index is 914. The van der Waals surface area contributed by atoms with Gasteiger partial charge in [0.1, 0.15) is 11.5 Å². The van der Waals surface area contributed by atoms with Crippen molar-refractivity contribution < 1.29 is 29.3 Å². The first-order chi connectivity index (χ1) is 11.9. The summed E-state index contributed by atoms with van der Waals surface area (Å²) >= 11 is 0. The van der Waals surface area contributed by atoms with Crippen LogP contribution in [0.4, 0.5) is 10.5 Å². The van der Waals surface area contributed by atoms with Gasteiger partial charge in [0.15, 0.2) is 11.5 Å². The summed E-state index contributed by atoms with van der Waals surface area (Å²) in [5, 5.41) is 18.9. The minimum absolute atomic E-state index is 0.000356. The first kappa shape index (κ1) is 16.3. The molecule has 1 saturated heterocycles. The average Bonchev–Trinajstić information content (AvgIpc) is 2.84. The van der Waals surface area contributed by atoms with Gasteiger partial charge >= 0.3 is 12.0 Å². The third-order valence-electron chi connectivity index (χ3n) is 3.60. The Morgan fingerprint density at radius 1 is 1.08 bits per heavy atom. The molecule has 0 aliphatic carbocycles. The molecule has 0 atom stereocenters. The number of imide groups is 1. The molecule has 1 aliphatic heterocycles. The second kappa shape index (κ2) is 6.12. The number of aromatic hydroxyl groups is 2. The van der Waals surface area contributed by atoms with E-state index in [2.05, 4.69) is 0 Å². The highest BCUT2D eigenvalue weighted by molar-refractivity contribution is 6.24. The van der Waals surface area contributed by atoms with Crippen LogP contribution in [0.3, 0.4) is 0 Å². The van der Waals surface area contributed by atoms with Gasteiger partial charge < -0.3 is 14.9 Å². The second-order valence-electron chi connectivity index (χ2n) is 5.37. The van der Waals surface area contributed by atoms with Crippen LogP contribution < -0.4 is 4.90 Å². The molecule has 0 spiro atoms. The van der Waals surface area contributed by atoms with Crippen LogP contribution >= 0.6 is 0 Å². The fraction of sp³-hybridized carbons (Fsp3) is 0.0556. The van der Waals surface area contributed by atoms with E-state index in [0.717, 1.165) is 4.90 Å². The van der Waals surface area contributed by atoms with Crippen molar-refractivity contribution >= 4 is 29.5 Å². The molecule has 25 heavy (non-hydrogen) atoms. The maximum Gasteiger partial charge on any atom is 0.427 e. The largest absolute Gasteiger partial charge is 0.508 e. The van der Waals surface area contributed by atoms with Crippen molar-refractivity contribution in [1.29, 1.82) is 0 Å². The summed E-state index contributed by atoms with van der Waals surface area (Å²) in [5.74, 6) is -1.39. The lowest BCUT2D eigenvalue weighted by Crippen LogP contribution is -2.28. The molecule has 2 N–H and O–H groups in total. The minimum atomic E-state index is -0.868. The standard InChI is InChI=1S/C18H13NO6/c1-10(20)14-8-11(2-7-15(14)22)9-16-17(23)19(18(24)25-16)12-3-5-13(21)6-4-12/h2-9,21-22H,1H3. The number of phenolic OH excluding ortho intramolecular Hbond substituents is 2. The molecule has 0 bridgehead atoms. The molecule has 0 unspecified atom stereocenters. The Hall–Kier alpha value is -3.61. The second-order valence-corrected chi connectivity index (χ2v) is 5.37. The van der Waals surface area contributed by atoms with E-state index >= 15 is 0 Å². The smallest absolute Gasteiger partial charge is 0.427 e. The van der Waals surface area contributed by atoms with Crippen molar-refractivity contribution in [2.45, 2.75) is 6.92 Å². The highest BCUT2D eigenvalue weighted by Gasteiger charge is 2.37. The van der Waals surface area contributed by atoms with Gasteiger partial charge in [-0.25, -0.2) is 9.69 Å². The van der Waals surface area contributed by atoms with Gasteiger partial charge in [0, 0.05) is 0 Å². The first-order valence-corrected chi connectivity index (χ1v) is 7.28. The normalized spacial score (nSPS) is 15.6. The summed E-state index contributed by atoms with van der Waals surface area (Å²) in [6.45, 7) is 1.30. The van der Waals surface area contributed by atoms with Gasteiger partial charge in [-0.2, -0.15) is 0 Å². The van der Waals surface area contributed by atoms with Gasteiger partial charge in [-0.15, -0.1) is 0 Å². The van der Waals surface area contributed by atoms with Crippen LogP contribution in [0, 0.1) is 0 Å². The molecule has 2 aromatic rings. The Labute approximate surface area is 142 Å². The topological polar surface area (TPSA) is 104 Å². The van der Waals surface area contributed by atoms with E-state index in [1.807, 2.05) is 0 Å². The lowest BCUT2D eigenvalue weighted by atomic mass is 10.1. The van der Waals surface area contributed by atoms with E-state index in [1.54, 1.807) is 0 Å². The van der Waals surface area contributed by atoms with Crippen LogP contribution in [0.15, 0.2) is 48.2 Å². The molecular formula is C18H13NO6. The van der Waals surface area contributed by atoms with Gasteiger partial charge in [-0.3, -0.25) is 9.59 Å². The number of Topliss-reactive ketones (excluding diaryl/α,β-unsaturated/α-hetero) is 1. The van der Waals surface area contributed by atoms with Gasteiger partial charge in [0.25, 0.3) is 0 Å². The van der Waals surface area contributed by atoms with Crippen molar-refractivity contribution in [3.63, 3.8) is 0 Å². The van der Waals surface area contributed by atoms with Crippen LogP contribution in [-0.4, -0.2) is 28.0 Å². The zero-order chi connectivity index (χ0) is 18.1. The van der Waals surface area contributed by atoms with Gasteiger partial charge in [-0.1, -0.05) is 6.07 Å². The molecule has 7 nitrogen and oxygen atoms in total. The van der Waals surface area contributed by atoms with E-state index in [9.17, 15) is 24.6 Å². The summed E-state index contributed by atoms with van der Waals surface area (Å²) in [7, 11) is 0. The molecule has 2 aromatic carbocycles. The number of hydrogen-bond acceptors (Lipinski definition) is 6. The third kappa shape index (κ3) is 3.07. The number of carbonyl (C=O) groups excluding carboxylic acids is 3. The number of phenols is 2. The molecular weight excluding hydrogens is 326 g/mol. The Kier molecular flexibility index (Phi) is 3.98. The number of amides is 2. The number of anilines is 1. The van der Waals surface area contributed by atoms with E-state index < -0.39 is 12.0 Å². The van der Waals surface area contributed by atoms with Crippen LogP contribution in [0.25, 0.3) is 6.08 Å². The number of nitrogens with zero attached hydrogens (tertiary/aromatic N) is 1. The minimum Gasteiger partial charge on any atom is -0.508 e. The Balaban J connectivity index is 1.94. The van der Waals surface area contributed by atoms with Crippen molar-refractivity contribution in [3.05, 3.63) is 59.4 Å². The number of carbonyl (C=O) groups is 3. The quantitative estimate of drug-likeness (QED) is 0.658. The SMILES string of the molecule is CC(=O)c1cc(C=C2OC(=O)N(c3ccc(O)cc3)C2=O)ccc1O. The number of ketones is 1. The lowest BCUT2D eigenvalue weighted by Gasteiger charge is -2.09. The van der Waals surface area contributed by atoms with E-state index in [-0.39, 0.29) is 34.3 Å². The number of rotatable bonds is 3. The van der Waals surface area contributed by atoms with Gasteiger partial charge in [0.05, 0.1) is 11.3 Å². The predicted octanol–water partition coefficient (Wildman–Crippen LogP) is 2.82.